The van der Waals surface area contributed by atoms with Crippen molar-refractivity contribution in [1.29, 1.82) is 0 Å². The summed E-state index contributed by atoms with van der Waals surface area (Å²) in [6, 6.07) is 10.6. The number of carbonyl (C=O) groups excluding carboxylic acids is 1. The molecule has 0 radical (unpaired) electrons. The van der Waals surface area contributed by atoms with E-state index in [2.05, 4.69) is 22.5 Å². The Morgan fingerprint density at radius 1 is 1.17 bits per heavy atom. The van der Waals surface area contributed by atoms with E-state index in [1.165, 1.54) is 31.2 Å². The molecule has 4 nitrogen and oxygen atoms in total. The first-order valence-electron chi connectivity index (χ1n) is 8.84. The van der Waals surface area contributed by atoms with Crippen LogP contribution in [0.25, 0.3) is 6.08 Å². The molecule has 0 aliphatic heterocycles. The molecule has 24 heavy (non-hydrogen) atoms. The Balaban J connectivity index is 1.51. The van der Waals surface area contributed by atoms with Gasteiger partial charge in [0.15, 0.2) is 0 Å². The molecular weight excluding hydrogens is 298 g/mol. The summed E-state index contributed by atoms with van der Waals surface area (Å²) in [5.41, 5.74) is 2.16. The van der Waals surface area contributed by atoms with Gasteiger partial charge in [0.1, 0.15) is 0 Å². The van der Waals surface area contributed by atoms with Crippen molar-refractivity contribution < 1.29 is 4.79 Å². The number of hydrogen-bond donors (Lipinski definition) is 1. The highest BCUT2D eigenvalue weighted by Crippen LogP contribution is 2.17. The van der Waals surface area contributed by atoms with Gasteiger partial charge in [0.05, 0.1) is 12.7 Å². The molecule has 0 saturated heterocycles. The summed E-state index contributed by atoms with van der Waals surface area (Å²) >= 11 is 0. The second kappa shape index (κ2) is 8.48. The molecule has 0 unspecified atom stereocenters. The maximum atomic E-state index is 12.1. The maximum absolute atomic E-state index is 12.1. The zero-order valence-electron chi connectivity index (χ0n) is 14.0. The minimum Gasteiger partial charge on any atom is -0.350 e. The van der Waals surface area contributed by atoms with E-state index in [9.17, 15) is 4.79 Å². The van der Waals surface area contributed by atoms with Crippen LogP contribution < -0.4 is 5.32 Å². The van der Waals surface area contributed by atoms with Crippen LogP contribution in [0, 0.1) is 0 Å². The van der Waals surface area contributed by atoms with Gasteiger partial charge < -0.3 is 5.32 Å². The fraction of sp³-hybridized carbons (Fsp3) is 0.400. The van der Waals surface area contributed by atoms with Crippen LogP contribution in [0.4, 0.5) is 0 Å². The van der Waals surface area contributed by atoms with Crippen molar-refractivity contribution in [3.8, 4) is 0 Å². The number of amides is 1. The van der Waals surface area contributed by atoms with Crippen molar-refractivity contribution >= 4 is 12.0 Å². The molecule has 1 aromatic carbocycles. The quantitative estimate of drug-likeness (QED) is 0.672. The van der Waals surface area contributed by atoms with E-state index in [-0.39, 0.29) is 5.91 Å². The lowest BCUT2D eigenvalue weighted by molar-refractivity contribution is -0.117. The molecular formula is C20H25N3O. The number of hydrogen-bond acceptors (Lipinski definition) is 2. The zero-order valence-corrected chi connectivity index (χ0v) is 14.0. The molecule has 1 aliphatic rings. The third-order valence-electron chi connectivity index (χ3n) is 4.47. The summed E-state index contributed by atoms with van der Waals surface area (Å²) in [6.07, 6.45) is 14.5. The molecule has 1 fully saturated rings. The number of nitrogens with zero attached hydrogens (tertiary/aromatic N) is 2. The van der Waals surface area contributed by atoms with Gasteiger partial charge in [-0.25, -0.2) is 0 Å². The second-order valence-electron chi connectivity index (χ2n) is 6.49. The Morgan fingerprint density at radius 3 is 2.67 bits per heavy atom. The molecule has 1 heterocycles. The number of benzene rings is 1. The lowest BCUT2D eigenvalue weighted by atomic mass is 10.1. The summed E-state index contributed by atoms with van der Waals surface area (Å²) in [5.74, 6) is -0.00212. The van der Waals surface area contributed by atoms with Crippen LogP contribution in [0.1, 0.15) is 49.7 Å². The molecule has 1 amide bonds. The van der Waals surface area contributed by atoms with Crippen molar-refractivity contribution in [2.75, 3.05) is 0 Å². The number of aromatic nitrogens is 2. The third-order valence-corrected chi connectivity index (χ3v) is 4.47. The van der Waals surface area contributed by atoms with E-state index in [1.807, 2.05) is 35.2 Å². The van der Waals surface area contributed by atoms with Gasteiger partial charge in [-0.3, -0.25) is 9.48 Å². The summed E-state index contributed by atoms with van der Waals surface area (Å²) in [5, 5.41) is 7.47. The highest BCUT2D eigenvalue weighted by molar-refractivity contribution is 5.91. The van der Waals surface area contributed by atoms with Crippen LogP contribution in [-0.2, 0) is 11.3 Å². The van der Waals surface area contributed by atoms with Crippen LogP contribution in [0.2, 0.25) is 0 Å². The molecule has 1 N–H and O–H groups in total. The first-order chi connectivity index (χ1) is 11.8. The van der Waals surface area contributed by atoms with Gasteiger partial charge in [0.2, 0.25) is 5.91 Å². The van der Waals surface area contributed by atoms with Gasteiger partial charge in [0, 0.05) is 23.9 Å². The third kappa shape index (κ3) is 5.08. The summed E-state index contributed by atoms with van der Waals surface area (Å²) in [4.78, 5) is 12.1. The normalized spacial score (nSPS) is 16.2. The van der Waals surface area contributed by atoms with Crippen LogP contribution in [0.15, 0.2) is 48.8 Å². The minimum atomic E-state index is -0.00212. The molecule has 126 valence electrons. The van der Waals surface area contributed by atoms with E-state index in [0.717, 1.165) is 24.9 Å². The second-order valence-corrected chi connectivity index (χ2v) is 6.49. The molecule has 1 aromatic heterocycles. The van der Waals surface area contributed by atoms with Crippen LogP contribution in [0.5, 0.6) is 0 Å². The van der Waals surface area contributed by atoms with Gasteiger partial charge in [-0.15, -0.1) is 0 Å². The van der Waals surface area contributed by atoms with Crippen molar-refractivity contribution in [3.05, 3.63) is 59.9 Å². The molecule has 3 rings (SSSR count). The number of nitrogens with one attached hydrogen (secondary N) is 1. The highest BCUT2D eigenvalue weighted by Gasteiger charge is 2.13. The largest absolute Gasteiger partial charge is 0.350 e. The topological polar surface area (TPSA) is 46.9 Å². The maximum Gasteiger partial charge on any atom is 0.244 e. The van der Waals surface area contributed by atoms with Crippen LogP contribution in [-0.4, -0.2) is 21.7 Å². The van der Waals surface area contributed by atoms with Crippen molar-refractivity contribution in [3.63, 3.8) is 0 Å². The van der Waals surface area contributed by atoms with Gasteiger partial charge in [-0.1, -0.05) is 56.0 Å². The summed E-state index contributed by atoms with van der Waals surface area (Å²) < 4.78 is 1.89. The zero-order chi connectivity index (χ0) is 16.6. The monoisotopic (exact) mass is 323 g/mol. The highest BCUT2D eigenvalue weighted by atomic mass is 16.1. The molecule has 0 bridgehead atoms. The number of rotatable bonds is 5. The van der Waals surface area contributed by atoms with E-state index >= 15 is 0 Å². The van der Waals surface area contributed by atoms with E-state index in [4.69, 9.17) is 0 Å². The van der Waals surface area contributed by atoms with E-state index in [0.29, 0.717) is 6.04 Å². The number of carbonyl (C=O) groups is 1. The lowest BCUT2D eigenvalue weighted by Crippen LogP contribution is -2.33. The molecule has 4 heteroatoms. The van der Waals surface area contributed by atoms with E-state index in [1.54, 1.807) is 12.3 Å². The van der Waals surface area contributed by atoms with Gasteiger partial charge in [-0.05, 0) is 24.5 Å². The van der Waals surface area contributed by atoms with Crippen LogP contribution in [0.3, 0.4) is 0 Å². The fourth-order valence-corrected chi connectivity index (χ4v) is 3.17. The minimum absolute atomic E-state index is 0.00212. The van der Waals surface area contributed by atoms with Gasteiger partial charge in [-0.2, -0.15) is 5.10 Å². The van der Waals surface area contributed by atoms with Gasteiger partial charge in [0.25, 0.3) is 0 Å². The van der Waals surface area contributed by atoms with Crippen molar-refractivity contribution in [2.45, 2.75) is 51.1 Å². The predicted molar refractivity (Wildman–Crippen MR) is 96.4 cm³/mol. The van der Waals surface area contributed by atoms with E-state index < -0.39 is 0 Å². The fourth-order valence-electron chi connectivity index (χ4n) is 3.17. The van der Waals surface area contributed by atoms with Crippen molar-refractivity contribution in [2.24, 2.45) is 0 Å². The summed E-state index contributed by atoms with van der Waals surface area (Å²) in [7, 11) is 0. The van der Waals surface area contributed by atoms with Crippen molar-refractivity contribution in [1.82, 2.24) is 15.1 Å². The smallest absolute Gasteiger partial charge is 0.244 e. The molecule has 0 atom stereocenters. The molecule has 1 saturated carbocycles. The molecule has 1 aliphatic carbocycles. The first-order valence-corrected chi connectivity index (χ1v) is 8.84. The summed E-state index contributed by atoms with van der Waals surface area (Å²) in [6.45, 7) is 0.739. The Morgan fingerprint density at radius 2 is 1.92 bits per heavy atom. The van der Waals surface area contributed by atoms with Crippen LogP contribution >= 0.6 is 0 Å². The van der Waals surface area contributed by atoms with Gasteiger partial charge >= 0.3 is 0 Å². The molecule has 2 aromatic rings. The lowest BCUT2D eigenvalue weighted by Gasteiger charge is -2.14. The Kier molecular flexibility index (Phi) is 5.83. The Hall–Kier alpha value is -2.36. The Labute approximate surface area is 143 Å². The Bertz CT molecular complexity index is 667. The predicted octanol–water partition coefficient (Wildman–Crippen LogP) is 3.78. The molecule has 0 spiro atoms. The first kappa shape index (κ1) is 16.5. The average Bonchev–Trinajstić information content (AvgIpc) is 2.88. The SMILES string of the molecule is O=C(/C=C/c1cnn(Cc2ccccc2)c1)NC1CCCCCC1. The standard InChI is InChI=1S/C20H25N3O/c24-20(22-19-10-6-1-2-7-11-19)13-12-18-14-21-23(16-18)15-17-8-4-3-5-9-17/h3-5,8-9,12-14,16,19H,1-2,6-7,10-11,15H2,(H,22,24)/b13-12+. The average molecular weight is 323 g/mol.